The zero-order valence-electron chi connectivity index (χ0n) is 16.8. The van der Waals surface area contributed by atoms with E-state index in [1.165, 1.54) is 17.0 Å². The highest BCUT2D eigenvalue weighted by atomic mass is 19.4. The smallest absolute Gasteiger partial charge is 0.420 e. The van der Waals surface area contributed by atoms with Gasteiger partial charge in [-0.2, -0.15) is 18.4 Å². The number of anilines is 1. The molecule has 0 aromatic heterocycles. The third-order valence-electron chi connectivity index (χ3n) is 5.38. The van der Waals surface area contributed by atoms with E-state index < -0.39 is 47.8 Å². The van der Waals surface area contributed by atoms with Crippen molar-refractivity contribution in [3.8, 4) is 11.8 Å². The molecule has 0 fully saturated rings. The fourth-order valence-corrected chi connectivity index (χ4v) is 3.85. The van der Waals surface area contributed by atoms with Crippen LogP contribution in [0.2, 0.25) is 0 Å². The number of hydrogen-bond acceptors (Lipinski definition) is 6. The number of aliphatic carboxylic acids is 1. The van der Waals surface area contributed by atoms with Gasteiger partial charge in [-0.3, -0.25) is 9.59 Å². The highest BCUT2D eigenvalue weighted by molar-refractivity contribution is 6.04. The summed E-state index contributed by atoms with van der Waals surface area (Å²) in [5.74, 6) is -3.15. The summed E-state index contributed by atoms with van der Waals surface area (Å²) in [7, 11) is 0. The van der Waals surface area contributed by atoms with Crippen LogP contribution in [0.3, 0.4) is 0 Å². The first-order chi connectivity index (χ1) is 15.6. The molecule has 0 radical (unpaired) electrons. The number of benzene rings is 2. The number of rotatable bonds is 4. The largest absolute Gasteiger partial charge is 0.507 e. The van der Waals surface area contributed by atoms with E-state index in [-0.39, 0.29) is 29.9 Å². The predicted molar refractivity (Wildman–Crippen MR) is 108 cm³/mol. The fraction of sp³-hybridized carbons (Fsp3) is 0.227. The number of halogens is 3. The average Bonchev–Trinajstić information content (AvgIpc) is 2.78. The lowest BCUT2D eigenvalue weighted by Gasteiger charge is -2.41. The number of carbonyl (C=O) groups is 2. The molecule has 1 atom stereocenters. The molecule has 0 saturated carbocycles. The first-order valence-electron chi connectivity index (χ1n) is 9.68. The van der Waals surface area contributed by atoms with E-state index in [1.807, 2.05) is 6.07 Å². The zero-order chi connectivity index (χ0) is 23.9. The monoisotopic (exact) mass is 459 g/mol. The van der Waals surface area contributed by atoms with Gasteiger partial charge in [0.25, 0.3) is 5.91 Å². The predicted octanol–water partition coefficient (Wildman–Crippen LogP) is 3.00. The van der Waals surface area contributed by atoms with Crippen molar-refractivity contribution in [2.24, 2.45) is 0 Å². The van der Waals surface area contributed by atoms with Crippen LogP contribution in [0.4, 0.5) is 18.9 Å². The minimum Gasteiger partial charge on any atom is -0.507 e. The van der Waals surface area contributed by atoms with Gasteiger partial charge in [0.15, 0.2) is 5.75 Å². The van der Waals surface area contributed by atoms with Crippen LogP contribution in [0.1, 0.15) is 28.4 Å². The molecule has 1 unspecified atom stereocenters. The summed E-state index contributed by atoms with van der Waals surface area (Å²) in [6.07, 6.45) is -5.59. The Labute approximate surface area is 185 Å². The molecule has 0 bridgehead atoms. The summed E-state index contributed by atoms with van der Waals surface area (Å²) >= 11 is 0. The highest BCUT2D eigenvalue weighted by Gasteiger charge is 2.43. The molecular formula is C22H16F3N3O5. The normalized spacial score (nSPS) is 17.0. The van der Waals surface area contributed by atoms with Gasteiger partial charge in [0.05, 0.1) is 41.5 Å². The maximum absolute atomic E-state index is 13.7. The van der Waals surface area contributed by atoms with Gasteiger partial charge in [-0.25, -0.2) is 0 Å². The number of aliphatic hydroxyl groups is 1. The van der Waals surface area contributed by atoms with Crippen molar-refractivity contribution in [3.05, 3.63) is 64.2 Å². The quantitative estimate of drug-likeness (QED) is 0.642. The second-order valence-electron chi connectivity index (χ2n) is 7.46. The number of nitrogens with one attached hydrogen (secondary N) is 1. The summed E-state index contributed by atoms with van der Waals surface area (Å²) in [5.41, 5.74) is -0.332. The van der Waals surface area contributed by atoms with E-state index in [1.54, 1.807) is 12.1 Å². The molecule has 0 spiro atoms. The SMILES string of the molecule is N#Cc1ccc(C2CN3CC(C(=O)NCC(=O)O)=C(O)c4ccc(C(F)(F)F)c(c43)O2)cc1. The molecule has 2 heterocycles. The number of carboxylic acids is 1. The van der Waals surface area contributed by atoms with Crippen LogP contribution >= 0.6 is 0 Å². The van der Waals surface area contributed by atoms with Crippen molar-refractivity contribution < 1.29 is 37.7 Å². The molecule has 4 rings (SSSR count). The van der Waals surface area contributed by atoms with Crippen LogP contribution < -0.4 is 15.0 Å². The van der Waals surface area contributed by atoms with E-state index in [2.05, 4.69) is 5.32 Å². The van der Waals surface area contributed by atoms with Gasteiger partial charge >= 0.3 is 12.1 Å². The Kier molecular flexibility index (Phi) is 5.37. The van der Waals surface area contributed by atoms with Gasteiger partial charge in [-0.15, -0.1) is 0 Å². The van der Waals surface area contributed by atoms with E-state index in [0.717, 1.165) is 12.1 Å². The molecule has 2 aromatic rings. The van der Waals surface area contributed by atoms with Crippen LogP contribution in [0.25, 0.3) is 5.76 Å². The Hall–Kier alpha value is -4.20. The first kappa shape index (κ1) is 22.0. The number of alkyl halides is 3. The van der Waals surface area contributed by atoms with Crippen LogP contribution in [0, 0.1) is 11.3 Å². The van der Waals surface area contributed by atoms with Crippen molar-refractivity contribution in [3.63, 3.8) is 0 Å². The molecule has 0 aliphatic carbocycles. The number of carbonyl (C=O) groups excluding carboxylic acids is 1. The Morgan fingerprint density at radius 1 is 1.21 bits per heavy atom. The maximum Gasteiger partial charge on any atom is 0.420 e. The molecule has 8 nitrogen and oxygen atoms in total. The van der Waals surface area contributed by atoms with Crippen molar-refractivity contribution >= 4 is 23.3 Å². The molecule has 2 aliphatic heterocycles. The molecule has 2 aromatic carbocycles. The number of hydrogen-bond donors (Lipinski definition) is 3. The molecule has 3 N–H and O–H groups in total. The molecule has 11 heteroatoms. The minimum absolute atomic E-state index is 0.00186. The van der Waals surface area contributed by atoms with Gasteiger partial charge in [0.2, 0.25) is 0 Å². The zero-order valence-corrected chi connectivity index (χ0v) is 16.8. The van der Waals surface area contributed by atoms with Crippen LogP contribution in [-0.2, 0) is 15.8 Å². The van der Waals surface area contributed by atoms with E-state index >= 15 is 0 Å². The highest BCUT2D eigenvalue weighted by Crippen LogP contribution is 2.51. The Morgan fingerprint density at radius 3 is 2.52 bits per heavy atom. The van der Waals surface area contributed by atoms with Crippen LogP contribution in [-0.4, -0.2) is 41.7 Å². The summed E-state index contributed by atoms with van der Waals surface area (Å²) in [6, 6.07) is 9.96. The van der Waals surface area contributed by atoms with E-state index in [9.17, 15) is 27.9 Å². The summed E-state index contributed by atoms with van der Waals surface area (Å²) < 4.78 is 47.0. The molecular weight excluding hydrogens is 443 g/mol. The lowest BCUT2D eigenvalue weighted by molar-refractivity contribution is -0.139. The number of carboxylic acid groups (broad SMARTS) is 1. The summed E-state index contributed by atoms with van der Waals surface area (Å²) in [4.78, 5) is 24.7. The van der Waals surface area contributed by atoms with Gasteiger partial charge in [-0.05, 0) is 29.8 Å². The number of aliphatic hydroxyl groups excluding tert-OH is 1. The maximum atomic E-state index is 13.7. The van der Waals surface area contributed by atoms with Crippen molar-refractivity contribution in [1.29, 1.82) is 5.26 Å². The summed E-state index contributed by atoms with van der Waals surface area (Å²) in [5, 5.41) is 30.6. The lowest BCUT2D eigenvalue weighted by Crippen LogP contribution is -2.43. The number of nitrogens with zero attached hydrogens (tertiary/aromatic N) is 2. The number of amides is 1. The second-order valence-corrected chi connectivity index (χ2v) is 7.46. The van der Waals surface area contributed by atoms with Crippen LogP contribution in [0.5, 0.6) is 5.75 Å². The summed E-state index contributed by atoms with van der Waals surface area (Å²) in [6.45, 7) is -0.886. The standard InChI is InChI=1S/C22H16F3N3O5/c23-22(24,25)15-6-5-13-18-20(15)33-16(12-3-1-11(7-26)2-4-12)10-28(18)9-14(19(13)31)21(32)27-8-17(29)30/h1-6,16,31H,8-10H2,(H,27,32)(H,29,30). The first-order valence-corrected chi connectivity index (χ1v) is 9.68. The van der Waals surface area contributed by atoms with Crippen molar-refractivity contribution in [2.45, 2.75) is 12.3 Å². The van der Waals surface area contributed by atoms with Gasteiger partial charge in [0, 0.05) is 5.56 Å². The third kappa shape index (κ3) is 4.03. The van der Waals surface area contributed by atoms with Crippen molar-refractivity contribution in [2.75, 3.05) is 24.5 Å². The second kappa shape index (κ2) is 8.05. The van der Waals surface area contributed by atoms with Crippen LogP contribution in [0.15, 0.2) is 42.0 Å². The molecule has 0 saturated heterocycles. The molecule has 2 aliphatic rings. The Morgan fingerprint density at radius 2 is 1.91 bits per heavy atom. The van der Waals surface area contributed by atoms with Gasteiger partial charge in [0.1, 0.15) is 18.4 Å². The molecule has 1 amide bonds. The van der Waals surface area contributed by atoms with E-state index in [0.29, 0.717) is 11.1 Å². The topological polar surface area (TPSA) is 123 Å². The minimum atomic E-state index is -4.74. The lowest BCUT2D eigenvalue weighted by atomic mass is 9.94. The Balaban J connectivity index is 1.80. The van der Waals surface area contributed by atoms with Gasteiger partial charge in [-0.1, -0.05) is 12.1 Å². The number of ether oxygens (including phenoxy) is 1. The van der Waals surface area contributed by atoms with E-state index in [4.69, 9.17) is 15.1 Å². The fourth-order valence-electron chi connectivity index (χ4n) is 3.85. The Bertz CT molecular complexity index is 1220. The van der Waals surface area contributed by atoms with Gasteiger partial charge < -0.3 is 25.2 Å². The van der Waals surface area contributed by atoms with Crippen molar-refractivity contribution in [1.82, 2.24) is 5.32 Å². The third-order valence-corrected chi connectivity index (χ3v) is 5.38. The number of nitriles is 1. The average molecular weight is 459 g/mol. The molecule has 170 valence electrons. The molecule has 33 heavy (non-hydrogen) atoms.